The van der Waals surface area contributed by atoms with E-state index < -0.39 is 17.5 Å². The summed E-state index contributed by atoms with van der Waals surface area (Å²) in [6, 6.07) is 29.3. The Hall–Kier alpha value is -5.13. The highest BCUT2D eigenvalue weighted by Crippen LogP contribution is 2.27. The minimum absolute atomic E-state index is 0.162. The maximum atomic E-state index is 13.4. The van der Waals surface area contributed by atoms with Crippen molar-refractivity contribution < 1.29 is 13.9 Å². The first-order valence-electron chi connectivity index (χ1n) is 13.4. The molecule has 0 spiro atoms. The highest BCUT2D eigenvalue weighted by Gasteiger charge is 2.29. The molecule has 0 aliphatic rings. The van der Waals surface area contributed by atoms with Crippen molar-refractivity contribution in [3.8, 4) is 17.2 Å². The Labute approximate surface area is 245 Å². The van der Waals surface area contributed by atoms with Crippen LogP contribution >= 0.6 is 0 Å². The summed E-state index contributed by atoms with van der Waals surface area (Å²) in [5, 5.41) is 21.5. The molecule has 1 amide bonds. The molecule has 4 aromatic rings. The molecule has 0 saturated heterocycles. The van der Waals surface area contributed by atoms with Gasteiger partial charge in [0.2, 0.25) is 11.8 Å². The molecule has 0 aromatic heterocycles. The van der Waals surface area contributed by atoms with Gasteiger partial charge >= 0.3 is 0 Å². The van der Waals surface area contributed by atoms with Crippen molar-refractivity contribution in [1.82, 2.24) is 5.32 Å². The summed E-state index contributed by atoms with van der Waals surface area (Å²) in [4.78, 5) is 17.7. The van der Waals surface area contributed by atoms with E-state index in [-0.39, 0.29) is 23.2 Å². The number of hydrogen-bond donors (Lipinski definition) is 3. The van der Waals surface area contributed by atoms with E-state index in [0.29, 0.717) is 28.7 Å². The van der Waals surface area contributed by atoms with Gasteiger partial charge in [0.15, 0.2) is 0 Å². The average molecular weight is 562 g/mol. The summed E-state index contributed by atoms with van der Waals surface area (Å²) in [7, 11) is 1.55. The van der Waals surface area contributed by atoms with Crippen molar-refractivity contribution in [2.75, 3.05) is 7.05 Å². The van der Waals surface area contributed by atoms with Gasteiger partial charge < -0.3 is 15.8 Å². The van der Waals surface area contributed by atoms with Gasteiger partial charge in [-0.15, -0.1) is 0 Å². The largest absolute Gasteiger partial charge is 0.423 e. The number of hydrogen-bond acceptors (Lipinski definition) is 6. The second-order valence-corrected chi connectivity index (χ2v) is 10.2. The van der Waals surface area contributed by atoms with Gasteiger partial charge in [-0.3, -0.25) is 15.2 Å². The second kappa shape index (κ2) is 13.0. The van der Waals surface area contributed by atoms with Gasteiger partial charge in [-0.1, -0.05) is 60.7 Å². The van der Waals surface area contributed by atoms with E-state index in [1.807, 2.05) is 30.3 Å². The number of carbonyl (C=O) groups excluding carboxylic acids is 1. The smallest absolute Gasteiger partial charge is 0.251 e. The van der Waals surface area contributed by atoms with Gasteiger partial charge in [-0.2, -0.15) is 5.26 Å². The molecule has 0 fully saturated rings. The number of ether oxygens (including phenoxy) is 1. The third-order valence-electron chi connectivity index (χ3n) is 6.84. The lowest BCUT2D eigenvalue weighted by molar-refractivity contribution is 0.0940. The van der Waals surface area contributed by atoms with Crippen molar-refractivity contribution in [3.63, 3.8) is 0 Å². The number of nitrogens with one attached hydrogen (secondary N) is 2. The normalized spacial score (nSPS) is 13.4. The summed E-state index contributed by atoms with van der Waals surface area (Å²) in [5.74, 6) is -0.863. The van der Waals surface area contributed by atoms with E-state index in [1.165, 1.54) is 12.1 Å². The number of aliphatic imine (C=N–C) groups is 1. The Morgan fingerprint density at radius 1 is 1.05 bits per heavy atom. The highest BCUT2D eigenvalue weighted by atomic mass is 19.1. The Morgan fingerprint density at radius 3 is 2.36 bits per heavy atom. The molecule has 0 heterocycles. The molecule has 0 saturated carbocycles. The first-order chi connectivity index (χ1) is 20.1. The van der Waals surface area contributed by atoms with Crippen LogP contribution < -0.4 is 11.1 Å². The Kier molecular flexibility index (Phi) is 9.25. The lowest BCUT2D eigenvalue weighted by Gasteiger charge is -2.26. The van der Waals surface area contributed by atoms with Crippen molar-refractivity contribution in [2.24, 2.45) is 10.7 Å². The van der Waals surface area contributed by atoms with Gasteiger partial charge in [-0.05, 0) is 78.9 Å². The average Bonchev–Trinajstić information content (AvgIpc) is 2.99. The molecule has 212 valence electrons. The van der Waals surface area contributed by atoms with Crippen LogP contribution in [0.1, 0.15) is 52.5 Å². The number of amides is 1. The van der Waals surface area contributed by atoms with Crippen LogP contribution in [0.2, 0.25) is 0 Å². The zero-order valence-electron chi connectivity index (χ0n) is 23.7. The monoisotopic (exact) mass is 561 g/mol. The van der Waals surface area contributed by atoms with Crippen LogP contribution in [0.25, 0.3) is 11.1 Å². The summed E-state index contributed by atoms with van der Waals surface area (Å²) in [6.07, 6.45) is 0.429. The summed E-state index contributed by atoms with van der Waals surface area (Å²) in [5.41, 5.74) is 9.46. The van der Waals surface area contributed by atoms with E-state index >= 15 is 0 Å². The third-order valence-corrected chi connectivity index (χ3v) is 6.84. The van der Waals surface area contributed by atoms with E-state index in [9.17, 15) is 14.4 Å². The predicted octanol–water partition coefficient (Wildman–Crippen LogP) is 6.19. The zero-order chi connectivity index (χ0) is 30.3. The van der Waals surface area contributed by atoms with Crippen molar-refractivity contribution >= 4 is 17.7 Å². The Balaban J connectivity index is 1.67. The molecule has 4 aromatic carbocycles. The van der Waals surface area contributed by atoms with Crippen LogP contribution in [-0.4, -0.2) is 30.3 Å². The number of carbonyl (C=O) groups is 1. The van der Waals surface area contributed by atoms with Crippen LogP contribution in [0.5, 0.6) is 0 Å². The van der Waals surface area contributed by atoms with Crippen molar-refractivity contribution in [3.05, 3.63) is 131 Å². The lowest BCUT2D eigenvalue weighted by atomic mass is 9.93. The second-order valence-electron chi connectivity index (χ2n) is 10.2. The number of rotatable bonds is 8. The molecule has 0 unspecified atom stereocenters. The maximum Gasteiger partial charge on any atom is 0.251 e. The van der Waals surface area contributed by atoms with Gasteiger partial charge in [0.05, 0.1) is 23.2 Å². The van der Waals surface area contributed by atoms with E-state index in [0.717, 1.165) is 11.1 Å². The van der Waals surface area contributed by atoms with Gasteiger partial charge in [0.25, 0.3) is 5.91 Å². The summed E-state index contributed by atoms with van der Waals surface area (Å²) in [6.45, 7) is 3.58. The quantitative estimate of drug-likeness (QED) is 0.175. The van der Waals surface area contributed by atoms with Gasteiger partial charge in [-0.25, -0.2) is 4.39 Å². The molecular weight excluding hydrogens is 529 g/mol. The molecule has 0 aliphatic carbocycles. The van der Waals surface area contributed by atoms with Gasteiger partial charge in [0, 0.05) is 18.2 Å². The molecular formula is C34H32FN5O2. The lowest BCUT2D eigenvalue weighted by Crippen LogP contribution is -2.49. The van der Waals surface area contributed by atoms with Crippen LogP contribution in [0, 0.1) is 22.6 Å². The molecule has 0 radical (unpaired) electrons. The minimum atomic E-state index is -1.02. The van der Waals surface area contributed by atoms with Crippen LogP contribution in [0.15, 0.2) is 102 Å². The number of nitrogens with two attached hydrogens (primary N) is 1. The number of halogens is 1. The maximum absolute atomic E-state index is 13.4. The fourth-order valence-electron chi connectivity index (χ4n) is 4.66. The van der Waals surface area contributed by atoms with Crippen LogP contribution in [-0.2, 0) is 11.2 Å². The molecule has 8 heteroatoms. The van der Waals surface area contributed by atoms with Crippen LogP contribution in [0.4, 0.5) is 4.39 Å². The van der Waals surface area contributed by atoms with Crippen molar-refractivity contribution in [1.29, 1.82) is 10.7 Å². The fraction of sp³-hybridized carbons (Fsp3) is 0.176. The predicted molar refractivity (Wildman–Crippen MR) is 163 cm³/mol. The Bertz CT molecular complexity index is 1660. The first-order valence-corrected chi connectivity index (χ1v) is 13.4. The molecule has 2 atom stereocenters. The first kappa shape index (κ1) is 29.8. The van der Waals surface area contributed by atoms with E-state index in [4.69, 9.17) is 15.9 Å². The molecule has 7 nitrogen and oxygen atoms in total. The summed E-state index contributed by atoms with van der Waals surface area (Å²) < 4.78 is 19.3. The van der Waals surface area contributed by atoms with Crippen LogP contribution in [0.3, 0.4) is 0 Å². The van der Waals surface area contributed by atoms with Crippen molar-refractivity contribution in [2.45, 2.75) is 31.8 Å². The highest BCUT2D eigenvalue weighted by molar-refractivity contribution is 6.05. The third kappa shape index (κ3) is 7.14. The zero-order valence-corrected chi connectivity index (χ0v) is 23.7. The topological polar surface area (TPSA) is 124 Å². The molecule has 0 bridgehead atoms. The molecule has 4 rings (SSSR count). The molecule has 0 aliphatic heterocycles. The standard InChI is InChI=1S/C34H32FN5O2/c1-22(24-13-15-29(35)16-14-24)40-32(41)28-18-26(30-12-8-7-11-25(30)21-36)17-27(19-28)31(37)42-33(39-3)34(2,38)20-23-9-5-4-6-10-23/h4-19,22,37H,20,38H2,1-3H3,(H,40,41)/t22-,34-/m1/s1. The van der Waals surface area contributed by atoms with Gasteiger partial charge in [0.1, 0.15) is 5.82 Å². The van der Waals surface area contributed by atoms with E-state index in [2.05, 4.69) is 16.4 Å². The fourth-order valence-corrected chi connectivity index (χ4v) is 4.66. The molecule has 42 heavy (non-hydrogen) atoms. The molecule has 4 N–H and O–H groups in total. The van der Waals surface area contributed by atoms with E-state index in [1.54, 1.807) is 75.5 Å². The summed E-state index contributed by atoms with van der Waals surface area (Å²) >= 11 is 0. The Morgan fingerprint density at radius 2 is 1.69 bits per heavy atom. The SMILES string of the molecule is CN=C(OC(=N)c1cc(C(=O)N[C@H](C)c2ccc(F)cc2)cc(-c2ccccc2C#N)c1)[C@](C)(N)Cc1ccccc1. The number of nitrogens with zero attached hydrogens (tertiary/aromatic N) is 2. The minimum Gasteiger partial charge on any atom is -0.423 e. The number of nitriles is 1. The number of benzene rings is 4.